The second kappa shape index (κ2) is 8.71. The summed E-state index contributed by atoms with van der Waals surface area (Å²) in [6.45, 7) is 0. The predicted molar refractivity (Wildman–Crippen MR) is 109 cm³/mol. The number of rotatable bonds is 4. The molecule has 2 aliphatic rings. The van der Waals surface area contributed by atoms with Crippen molar-refractivity contribution in [1.29, 1.82) is 0 Å². The third kappa shape index (κ3) is 4.60. The van der Waals surface area contributed by atoms with Crippen molar-refractivity contribution in [2.24, 2.45) is 0 Å². The Hall–Kier alpha value is -3.47. The van der Waals surface area contributed by atoms with E-state index < -0.39 is 36.0 Å². The molecule has 0 spiro atoms. The van der Waals surface area contributed by atoms with E-state index in [1.54, 1.807) is 12.2 Å². The molecule has 0 aliphatic carbocycles. The highest BCUT2D eigenvalue weighted by Crippen LogP contribution is 2.40. The number of amides is 1. The van der Waals surface area contributed by atoms with Crippen LogP contribution in [0.3, 0.4) is 0 Å². The Morgan fingerprint density at radius 1 is 1.12 bits per heavy atom. The van der Waals surface area contributed by atoms with E-state index in [0.29, 0.717) is 0 Å². The number of fused-ring (bicyclic) bond motifs is 1. The number of hydrogen-bond acceptors (Lipinski definition) is 3. The molecule has 34 heavy (non-hydrogen) atoms. The first-order valence-corrected chi connectivity index (χ1v) is 10.2. The lowest BCUT2D eigenvalue weighted by Gasteiger charge is -2.27. The van der Waals surface area contributed by atoms with Gasteiger partial charge in [-0.2, -0.15) is 26.3 Å². The van der Waals surface area contributed by atoms with E-state index in [0.717, 1.165) is 18.2 Å². The Morgan fingerprint density at radius 2 is 1.88 bits per heavy atom. The maximum Gasteiger partial charge on any atom is 0.418 e. The minimum absolute atomic E-state index is 0.188. The highest BCUT2D eigenvalue weighted by molar-refractivity contribution is 6.31. The molecule has 1 aromatic heterocycles. The fraction of sp³-hybridized carbons (Fsp3) is 0.182. The standard InChI is InChI=1S/C22H15ClF6N4O/c23-14-11-12(21(24,25)26)7-8-13(14)19-31-17(16-6-2-4-10-33(16)19)20(34)32-18(22(27,28)29)15-5-1-3-9-30-15/h1-11,18-19,31H,(H,32,34)/p+1. The summed E-state index contributed by atoms with van der Waals surface area (Å²) in [6.07, 6.45) is -2.80. The molecular formula is C22H16ClF6N4O+. The first kappa shape index (κ1) is 23.7. The van der Waals surface area contributed by atoms with E-state index in [9.17, 15) is 31.1 Å². The molecule has 0 fully saturated rings. The molecule has 2 atom stereocenters. The van der Waals surface area contributed by atoms with Gasteiger partial charge in [0.15, 0.2) is 6.20 Å². The van der Waals surface area contributed by atoms with Gasteiger partial charge in [0, 0.05) is 28.9 Å². The van der Waals surface area contributed by atoms with Crippen LogP contribution in [0.25, 0.3) is 0 Å². The number of alkyl halides is 6. The molecule has 4 rings (SSSR count). The normalized spacial score (nSPS) is 18.6. The Kier molecular flexibility index (Phi) is 6.07. The summed E-state index contributed by atoms with van der Waals surface area (Å²) in [5, 5.41) is 4.57. The number of hydrogen-bond donors (Lipinski definition) is 2. The van der Waals surface area contributed by atoms with E-state index in [2.05, 4.69) is 10.3 Å². The number of nitrogens with one attached hydrogen (secondary N) is 3. The SMILES string of the molecule is O=C(NC(c1cccc[nH+]1)C(F)(F)F)C1=C2C=CC=CN2C(c2ccc(C(F)(F)F)cc2Cl)N1. The lowest BCUT2D eigenvalue weighted by molar-refractivity contribution is -0.401. The van der Waals surface area contributed by atoms with Crippen LogP contribution in [0.4, 0.5) is 26.3 Å². The molecular weight excluding hydrogens is 486 g/mol. The molecule has 2 aromatic rings. The zero-order chi connectivity index (χ0) is 24.7. The van der Waals surface area contributed by atoms with Gasteiger partial charge < -0.3 is 15.5 Å². The van der Waals surface area contributed by atoms with Crippen LogP contribution in [-0.4, -0.2) is 17.0 Å². The lowest BCUT2D eigenvalue weighted by Crippen LogP contribution is -2.43. The number of carbonyl (C=O) groups is 1. The summed E-state index contributed by atoms with van der Waals surface area (Å²) in [6, 6.07) is 4.52. The number of aromatic nitrogens is 1. The van der Waals surface area contributed by atoms with Crippen LogP contribution in [0.15, 0.2) is 78.4 Å². The van der Waals surface area contributed by atoms with Crippen molar-refractivity contribution in [3.63, 3.8) is 0 Å². The molecule has 12 heteroatoms. The quantitative estimate of drug-likeness (QED) is 0.592. The molecule has 1 amide bonds. The minimum atomic E-state index is -4.80. The average Bonchev–Trinajstić information content (AvgIpc) is 3.16. The van der Waals surface area contributed by atoms with Crippen molar-refractivity contribution in [1.82, 2.24) is 15.5 Å². The molecule has 2 aliphatic heterocycles. The second-order valence-corrected chi connectivity index (χ2v) is 7.82. The molecule has 0 saturated heterocycles. The number of allylic oxidation sites excluding steroid dienone is 3. The number of carbonyl (C=O) groups excluding carboxylic acids is 1. The van der Waals surface area contributed by atoms with E-state index in [1.165, 1.54) is 41.6 Å². The van der Waals surface area contributed by atoms with Crippen LogP contribution < -0.4 is 15.6 Å². The van der Waals surface area contributed by atoms with Crippen LogP contribution in [-0.2, 0) is 11.0 Å². The van der Waals surface area contributed by atoms with Crippen molar-refractivity contribution in [2.75, 3.05) is 0 Å². The van der Waals surface area contributed by atoms with Crippen LogP contribution in [0.5, 0.6) is 0 Å². The number of H-pyrrole nitrogens is 1. The lowest BCUT2D eigenvalue weighted by atomic mass is 10.1. The van der Waals surface area contributed by atoms with Gasteiger partial charge in [0.2, 0.25) is 11.7 Å². The highest BCUT2D eigenvalue weighted by Gasteiger charge is 2.47. The Bertz CT molecular complexity index is 1190. The molecule has 2 unspecified atom stereocenters. The van der Waals surface area contributed by atoms with E-state index >= 15 is 0 Å². The van der Waals surface area contributed by atoms with E-state index in [4.69, 9.17) is 11.6 Å². The van der Waals surface area contributed by atoms with Gasteiger partial charge in [-0.15, -0.1) is 0 Å². The monoisotopic (exact) mass is 501 g/mol. The third-order valence-corrected chi connectivity index (χ3v) is 5.53. The van der Waals surface area contributed by atoms with Gasteiger partial charge in [0.25, 0.3) is 5.91 Å². The molecule has 3 heterocycles. The number of nitrogens with zero attached hydrogens (tertiary/aromatic N) is 1. The Balaban J connectivity index is 1.65. The molecule has 0 bridgehead atoms. The van der Waals surface area contributed by atoms with Gasteiger partial charge in [0.05, 0.1) is 11.3 Å². The Labute approximate surface area is 194 Å². The predicted octanol–water partition coefficient (Wildman–Crippen LogP) is 4.79. The topological polar surface area (TPSA) is 58.5 Å². The van der Waals surface area contributed by atoms with Crippen molar-refractivity contribution >= 4 is 17.5 Å². The van der Waals surface area contributed by atoms with Crippen LogP contribution in [0.2, 0.25) is 5.02 Å². The van der Waals surface area contributed by atoms with Crippen LogP contribution in [0, 0.1) is 0 Å². The fourth-order valence-electron chi connectivity index (χ4n) is 3.63. The minimum Gasteiger partial charge on any atom is -0.355 e. The summed E-state index contributed by atoms with van der Waals surface area (Å²) in [7, 11) is 0. The highest BCUT2D eigenvalue weighted by atomic mass is 35.5. The fourth-order valence-corrected chi connectivity index (χ4v) is 3.92. The number of pyridine rings is 1. The second-order valence-electron chi connectivity index (χ2n) is 7.42. The molecule has 0 radical (unpaired) electrons. The summed E-state index contributed by atoms with van der Waals surface area (Å²) in [5.41, 5.74) is -0.971. The molecule has 1 aromatic carbocycles. The van der Waals surface area contributed by atoms with Gasteiger partial charge in [-0.1, -0.05) is 29.8 Å². The Morgan fingerprint density at radius 3 is 2.50 bits per heavy atom. The molecule has 0 saturated carbocycles. The van der Waals surface area contributed by atoms with E-state index in [1.807, 2.05) is 5.32 Å². The molecule has 5 nitrogen and oxygen atoms in total. The number of aromatic amines is 1. The zero-order valence-corrected chi connectivity index (χ0v) is 17.8. The summed E-state index contributed by atoms with van der Waals surface area (Å²) >= 11 is 6.12. The zero-order valence-electron chi connectivity index (χ0n) is 17.0. The maximum atomic E-state index is 13.7. The first-order valence-electron chi connectivity index (χ1n) is 9.81. The number of benzene rings is 1. The molecule has 178 valence electrons. The van der Waals surface area contributed by atoms with Crippen molar-refractivity contribution in [3.8, 4) is 0 Å². The smallest absolute Gasteiger partial charge is 0.355 e. The van der Waals surface area contributed by atoms with Gasteiger partial charge in [0.1, 0.15) is 11.9 Å². The largest absolute Gasteiger partial charge is 0.418 e. The summed E-state index contributed by atoms with van der Waals surface area (Å²) in [4.78, 5) is 16.9. The van der Waals surface area contributed by atoms with Crippen LogP contribution in [0.1, 0.15) is 29.0 Å². The van der Waals surface area contributed by atoms with Crippen molar-refractivity contribution in [3.05, 3.63) is 100 Å². The summed E-state index contributed by atoms with van der Waals surface area (Å²) in [5.74, 6) is -1.05. The number of halogens is 7. The van der Waals surface area contributed by atoms with Crippen molar-refractivity contribution in [2.45, 2.75) is 24.6 Å². The maximum absolute atomic E-state index is 13.7. The van der Waals surface area contributed by atoms with Crippen molar-refractivity contribution < 1.29 is 36.1 Å². The van der Waals surface area contributed by atoms with Gasteiger partial charge in [-0.25, -0.2) is 4.98 Å². The van der Waals surface area contributed by atoms with Crippen LogP contribution >= 0.6 is 11.6 Å². The first-order chi connectivity index (χ1) is 16.0. The summed E-state index contributed by atoms with van der Waals surface area (Å²) < 4.78 is 80.1. The molecule has 3 N–H and O–H groups in total. The van der Waals surface area contributed by atoms with E-state index in [-0.39, 0.29) is 27.7 Å². The average molecular weight is 502 g/mol. The van der Waals surface area contributed by atoms with Gasteiger partial charge in [-0.3, -0.25) is 4.79 Å². The van der Waals surface area contributed by atoms with Gasteiger partial charge >= 0.3 is 12.4 Å². The van der Waals surface area contributed by atoms with Gasteiger partial charge in [-0.05, 0) is 24.3 Å². The third-order valence-electron chi connectivity index (χ3n) is 5.20.